The summed E-state index contributed by atoms with van der Waals surface area (Å²) in [5.74, 6) is 1.08. The zero-order valence-corrected chi connectivity index (χ0v) is 14.3. The van der Waals surface area contributed by atoms with Crippen LogP contribution in [-0.4, -0.2) is 62.0 Å². The Hall–Kier alpha value is -2.06. The molecule has 7 nitrogen and oxygen atoms in total. The molecule has 2 heterocycles. The number of H-pyrrole nitrogens is 1. The summed E-state index contributed by atoms with van der Waals surface area (Å²) >= 11 is 5.40. The number of nitrogens with one attached hydrogen (secondary N) is 1. The monoisotopic (exact) mass is 336 g/mol. The van der Waals surface area contributed by atoms with Gasteiger partial charge >= 0.3 is 0 Å². The second-order valence-corrected chi connectivity index (χ2v) is 5.94. The standard InChI is InChI=1S/C15H20N4O3S/c1-17-4-6-18(7-5-17)19-14(20)10-8-12(21-2)13(22-3)9-11(10)16-15(19)23/h8-9H,4-7H2,1-3H3,(H,16,23). The van der Waals surface area contributed by atoms with Gasteiger partial charge in [-0.15, -0.1) is 0 Å². The Bertz CT molecular complexity index is 837. The van der Waals surface area contributed by atoms with Gasteiger partial charge < -0.3 is 24.4 Å². The quantitative estimate of drug-likeness (QED) is 0.843. The minimum Gasteiger partial charge on any atom is -0.493 e. The number of rotatable bonds is 3. The summed E-state index contributed by atoms with van der Waals surface area (Å²) in [6.07, 6.45) is 0. The molecule has 2 aromatic rings. The lowest BCUT2D eigenvalue weighted by Crippen LogP contribution is -2.53. The first-order chi connectivity index (χ1) is 11.0. The first-order valence-corrected chi connectivity index (χ1v) is 7.81. The number of hydrogen-bond acceptors (Lipinski definition) is 6. The van der Waals surface area contributed by atoms with Crippen LogP contribution in [-0.2, 0) is 0 Å². The predicted octanol–water partition coefficient (Wildman–Crippen LogP) is 0.960. The van der Waals surface area contributed by atoms with Crippen LogP contribution >= 0.6 is 12.2 Å². The van der Waals surface area contributed by atoms with Gasteiger partial charge in [-0.3, -0.25) is 4.79 Å². The fraction of sp³-hybridized carbons (Fsp3) is 0.467. The smallest absolute Gasteiger partial charge is 0.281 e. The van der Waals surface area contributed by atoms with E-state index < -0.39 is 0 Å². The highest BCUT2D eigenvalue weighted by Gasteiger charge is 2.18. The zero-order valence-electron chi connectivity index (χ0n) is 13.5. The van der Waals surface area contributed by atoms with E-state index in [-0.39, 0.29) is 5.56 Å². The third-order valence-corrected chi connectivity index (χ3v) is 4.42. The highest BCUT2D eigenvalue weighted by molar-refractivity contribution is 7.71. The van der Waals surface area contributed by atoms with Crippen molar-refractivity contribution in [1.29, 1.82) is 0 Å². The van der Waals surface area contributed by atoms with Gasteiger partial charge in [-0.2, -0.15) is 4.68 Å². The van der Waals surface area contributed by atoms with Crippen LogP contribution in [0.15, 0.2) is 16.9 Å². The first-order valence-electron chi connectivity index (χ1n) is 7.40. The number of ether oxygens (including phenoxy) is 2. The Morgan fingerprint density at radius 1 is 1.09 bits per heavy atom. The first kappa shape index (κ1) is 15.8. The van der Waals surface area contributed by atoms with Gasteiger partial charge in [-0.1, -0.05) is 0 Å². The molecule has 1 aliphatic heterocycles. The molecular formula is C15H20N4O3S. The van der Waals surface area contributed by atoms with Gasteiger partial charge in [0.25, 0.3) is 5.56 Å². The number of nitrogens with zero attached hydrogens (tertiary/aromatic N) is 3. The molecule has 1 aromatic carbocycles. The summed E-state index contributed by atoms with van der Waals surface area (Å²) in [6, 6.07) is 3.42. The van der Waals surface area contributed by atoms with Crippen molar-refractivity contribution in [1.82, 2.24) is 14.6 Å². The van der Waals surface area contributed by atoms with E-state index in [2.05, 4.69) is 16.9 Å². The third kappa shape index (κ3) is 2.79. The molecule has 0 bridgehead atoms. The van der Waals surface area contributed by atoms with Gasteiger partial charge in [0.15, 0.2) is 16.3 Å². The topological polar surface area (TPSA) is 62.7 Å². The molecule has 1 N–H and O–H groups in total. The fourth-order valence-corrected chi connectivity index (χ4v) is 3.09. The van der Waals surface area contributed by atoms with Crippen molar-refractivity contribution in [2.75, 3.05) is 52.5 Å². The summed E-state index contributed by atoms with van der Waals surface area (Å²) in [5.41, 5.74) is 0.497. The van der Waals surface area contributed by atoms with Crippen molar-refractivity contribution in [3.8, 4) is 11.5 Å². The van der Waals surface area contributed by atoms with E-state index in [9.17, 15) is 4.79 Å². The number of aromatic nitrogens is 2. The summed E-state index contributed by atoms with van der Waals surface area (Å²) in [4.78, 5) is 18.3. The van der Waals surface area contributed by atoms with Crippen LogP contribution in [0, 0.1) is 4.77 Å². The van der Waals surface area contributed by atoms with E-state index >= 15 is 0 Å². The Kier molecular flexibility index (Phi) is 4.27. The predicted molar refractivity (Wildman–Crippen MR) is 91.9 cm³/mol. The van der Waals surface area contributed by atoms with Gasteiger partial charge in [-0.05, 0) is 25.3 Å². The van der Waals surface area contributed by atoms with Crippen LogP contribution in [0.25, 0.3) is 10.9 Å². The lowest BCUT2D eigenvalue weighted by atomic mass is 10.2. The SMILES string of the molecule is COc1cc2[nH]c(=S)n(N3CCN(C)CC3)c(=O)c2cc1OC. The van der Waals surface area contributed by atoms with E-state index in [4.69, 9.17) is 21.7 Å². The molecule has 0 aliphatic carbocycles. The maximum absolute atomic E-state index is 12.9. The average molecular weight is 336 g/mol. The van der Waals surface area contributed by atoms with Crippen LogP contribution in [0.5, 0.6) is 11.5 Å². The number of fused-ring (bicyclic) bond motifs is 1. The maximum atomic E-state index is 12.9. The van der Waals surface area contributed by atoms with E-state index in [1.807, 2.05) is 5.01 Å². The normalized spacial score (nSPS) is 15.9. The van der Waals surface area contributed by atoms with E-state index in [0.717, 1.165) is 26.2 Å². The van der Waals surface area contributed by atoms with Crippen LogP contribution in [0.2, 0.25) is 0 Å². The van der Waals surface area contributed by atoms with E-state index in [1.165, 1.54) is 0 Å². The second kappa shape index (κ2) is 6.21. The van der Waals surface area contributed by atoms with Gasteiger partial charge in [-0.25, -0.2) is 0 Å². The van der Waals surface area contributed by atoms with Crippen LogP contribution < -0.4 is 20.0 Å². The molecule has 8 heteroatoms. The largest absolute Gasteiger partial charge is 0.493 e. The van der Waals surface area contributed by atoms with Gasteiger partial charge in [0.05, 0.1) is 25.1 Å². The zero-order chi connectivity index (χ0) is 16.6. The van der Waals surface area contributed by atoms with Crippen molar-refractivity contribution >= 4 is 23.1 Å². The van der Waals surface area contributed by atoms with Crippen molar-refractivity contribution in [3.63, 3.8) is 0 Å². The molecule has 1 aliphatic rings. The number of benzene rings is 1. The molecule has 1 fully saturated rings. The Morgan fingerprint density at radius 2 is 1.70 bits per heavy atom. The van der Waals surface area contributed by atoms with Gasteiger partial charge in [0, 0.05) is 32.2 Å². The average Bonchev–Trinajstić information content (AvgIpc) is 2.55. The van der Waals surface area contributed by atoms with Crippen LogP contribution in [0.3, 0.4) is 0 Å². The Balaban J connectivity index is 2.17. The number of aromatic amines is 1. The summed E-state index contributed by atoms with van der Waals surface area (Å²) in [6.45, 7) is 3.30. The van der Waals surface area contributed by atoms with Crippen LogP contribution in [0.4, 0.5) is 0 Å². The molecule has 0 unspecified atom stereocenters. The molecule has 0 spiro atoms. The van der Waals surface area contributed by atoms with E-state index in [0.29, 0.717) is 27.2 Å². The van der Waals surface area contributed by atoms with Crippen molar-refractivity contribution in [2.45, 2.75) is 0 Å². The molecular weight excluding hydrogens is 316 g/mol. The number of hydrogen-bond donors (Lipinski definition) is 1. The number of likely N-dealkylation sites (N-methyl/N-ethyl adjacent to an activating group) is 1. The molecule has 0 radical (unpaired) electrons. The molecule has 3 rings (SSSR count). The summed E-state index contributed by atoms with van der Waals surface area (Å²) < 4.78 is 12.5. The molecule has 0 atom stereocenters. The maximum Gasteiger partial charge on any atom is 0.281 e. The van der Waals surface area contributed by atoms with Crippen LogP contribution in [0.1, 0.15) is 0 Å². The minimum atomic E-state index is -0.144. The second-order valence-electron chi connectivity index (χ2n) is 5.56. The van der Waals surface area contributed by atoms with Crippen molar-refractivity contribution < 1.29 is 9.47 Å². The van der Waals surface area contributed by atoms with Gasteiger partial charge in [0.2, 0.25) is 0 Å². The minimum absolute atomic E-state index is 0.144. The summed E-state index contributed by atoms with van der Waals surface area (Å²) in [5, 5.41) is 2.51. The van der Waals surface area contributed by atoms with Crippen molar-refractivity contribution in [2.24, 2.45) is 0 Å². The Morgan fingerprint density at radius 3 is 2.30 bits per heavy atom. The van der Waals surface area contributed by atoms with Crippen molar-refractivity contribution in [3.05, 3.63) is 27.3 Å². The number of piperazine rings is 1. The highest BCUT2D eigenvalue weighted by atomic mass is 32.1. The highest BCUT2D eigenvalue weighted by Crippen LogP contribution is 2.29. The lowest BCUT2D eigenvalue weighted by Gasteiger charge is -2.34. The molecule has 1 saturated heterocycles. The van der Waals surface area contributed by atoms with Gasteiger partial charge in [0.1, 0.15) is 0 Å². The fourth-order valence-electron chi connectivity index (χ4n) is 2.79. The molecule has 124 valence electrons. The molecule has 1 aromatic heterocycles. The lowest BCUT2D eigenvalue weighted by molar-refractivity contribution is 0.284. The molecule has 0 amide bonds. The van der Waals surface area contributed by atoms with E-state index in [1.54, 1.807) is 31.0 Å². The summed E-state index contributed by atoms with van der Waals surface area (Å²) in [7, 11) is 5.18. The Labute approximate surface area is 139 Å². The molecule has 0 saturated carbocycles. The third-order valence-electron chi connectivity index (χ3n) is 4.14. The molecule has 23 heavy (non-hydrogen) atoms. The number of methoxy groups -OCH3 is 2.